The van der Waals surface area contributed by atoms with Gasteiger partial charge in [0.1, 0.15) is 11.5 Å². The van der Waals surface area contributed by atoms with E-state index in [2.05, 4.69) is 25.3 Å². The van der Waals surface area contributed by atoms with E-state index in [1.165, 1.54) is 18.6 Å². The van der Waals surface area contributed by atoms with E-state index in [-0.39, 0.29) is 16.9 Å². The maximum Gasteiger partial charge on any atom is 0.451 e. The fraction of sp³-hybridized carbons (Fsp3) is 0.500. The maximum absolute atomic E-state index is 12.6. The summed E-state index contributed by atoms with van der Waals surface area (Å²) < 4.78 is 62.9. The Bertz CT molecular complexity index is 943. The molecule has 0 aliphatic carbocycles. The Morgan fingerprint density at radius 1 is 1.10 bits per heavy atom. The average molecular weight is 442 g/mol. The van der Waals surface area contributed by atoms with Gasteiger partial charge in [-0.15, -0.1) is 0 Å². The van der Waals surface area contributed by atoms with Crippen molar-refractivity contribution in [1.29, 1.82) is 5.41 Å². The second-order valence-corrected chi connectivity index (χ2v) is 7.67. The molecule has 2 aliphatic rings. The molecule has 0 unspecified atom stereocenters. The molecular weight excluding hydrogens is 423 g/mol. The molecule has 0 amide bonds. The lowest BCUT2D eigenvalue weighted by Gasteiger charge is -2.49. The molecule has 2 N–H and O–H groups in total. The van der Waals surface area contributed by atoms with Gasteiger partial charge in [0, 0.05) is 37.8 Å². The van der Waals surface area contributed by atoms with Gasteiger partial charge in [0.05, 0.1) is 30.8 Å². The zero-order valence-electron chi connectivity index (χ0n) is 16.2. The second-order valence-electron chi connectivity index (χ2n) is 7.67. The Kier molecular flexibility index (Phi) is 5.35. The fourth-order valence-corrected chi connectivity index (χ4v) is 3.92. The van der Waals surface area contributed by atoms with Crippen molar-refractivity contribution in [3.63, 3.8) is 0 Å². The first kappa shape index (κ1) is 21.1. The van der Waals surface area contributed by atoms with Crippen LogP contribution in [0.1, 0.15) is 17.9 Å². The van der Waals surface area contributed by atoms with E-state index in [1.54, 1.807) is 0 Å². The molecule has 0 bridgehead atoms. The van der Waals surface area contributed by atoms with Crippen LogP contribution in [0.3, 0.4) is 0 Å². The summed E-state index contributed by atoms with van der Waals surface area (Å²) in [6, 6.07) is 0. The van der Waals surface area contributed by atoms with E-state index in [1.807, 2.05) is 9.80 Å². The minimum atomic E-state index is -4.57. The summed E-state index contributed by atoms with van der Waals surface area (Å²) in [5.74, 6) is -0.511. The van der Waals surface area contributed by atoms with E-state index in [4.69, 9.17) is 5.41 Å². The number of anilines is 3. The van der Waals surface area contributed by atoms with Crippen LogP contribution < -0.4 is 15.1 Å². The summed E-state index contributed by atoms with van der Waals surface area (Å²) in [5.41, 5.74) is 0.655. The topological polar surface area (TPSA) is 93.9 Å². The normalized spacial score (nSPS) is 17.9. The van der Waals surface area contributed by atoms with Gasteiger partial charge in [-0.1, -0.05) is 0 Å². The third-order valence-electron chi connectivity index (χ3n) is 5.42. The van der Waals surface area contributed by atoms with Crippen LogP contribution in [0.25, 0.3) is 0 Å². The zero-order valence-corrected chi connectivity index (χ0v) is 16.2. The highest BCUT2D eigenvalue weighted by Crippen LogP contribution is 2.42. The molecule has 166 valence electrons. The maximum atomic E-state index is 12.6. The number of rotatable bonds is 6. The minimum absolute atomic E-state index is 0.0544. The Morgan fingerprint density at radius 2 is 1.77 bits per heavy atom. The van der Waals surface area contributed by atoms with Gasteiger partial charge in [-0.3, -0.25) is 0 Å². The molecule has 13 heteroatoms. The van der Waals surface area contributed by atoms with Crippen molar-refractivity contribution < 1.29 is 22.0 Å². The Labute approximate surface area is 174 Å². The predicted octanol–water partition coefficient (Wildman–Crippen LogP) is 2.68. The lowest BCUT2D eigenvalue weighted by Crippen LogP contribution is -2.57. The number of aromatic nitrogens is 4. The number of halogens is 5. The third-order valence-corrected chi connectivity index (χ3v) is 5.42. The van der Waals surface area contributed by atoms with Crippen LogP contribution in [0.2, 0.25) is 0 Å². The third kappa shape index (κ3) is 4.35. The number of nitrogens with zero attached hydrogens (tertiary/aromatic N) is 6. The monoisotopic (exact) mass is 442 g/mol. The van der Waals surface area contributed by atoms with Gasteiger partial charge in [0.2, 0.25) is 5.82 Å². The highest BCUT2D eigenvalue weighted by molar-refractivity contribution is 5.81. The Morgan fingerprint density at radius 3 is 2.39 bits per heavy atom. The number of nitrogens with one attached hydrogen (secondary N) is 2. The van der Waals surface area contributed by atoms with Gasteiger partial charge in [0.15, 0.2) is 5.82 Å². The second kappa shape index (κ2) is 7.85. The Balaban J connectivity index is 1.40. The molecule has 2 fully saturated rings. The van der Waals surface area contributed by atoms with Gasteiger partial charge < -0.3 is 20.5 Å². The molecule has 8 nitrogen and oxygen atoms in total. The molecule has 2 aliphatic heterocycles. The standard InChI is InChI=1S/C18H19F5N8/c19-13(20)6-26-15-12(3-24)25-7-14(29-15)30-2-1-17(8-30)9-31(10-17)11-4-27-16(28-5-11)18(21,22)23/h3-5,7,13,24H,1-2,6,8-10H2,(H,26,29). The van der Waals surface area contributed by atoms with Crippen LogP contribution in [-0.2, 0) is 6.18 Å². The van der Waals surface area contributed by atoms with E-state index < -0.39 is 25.0 Å². The van der Waals surface area contributed by atoms with Crippen molar-refractivity contribution in [1.82, 2.24) is 19.9 Å². The summed E-state index contributed by atoms with van der Waals surface area (Å²) in [4.78, 5) is 19.2. The van der Waals surface area contributed by atoms with Crippen LogP contribution in [-0.4, -0.2) is 65.3 Å². The molecule has 31 heavy (non-hydrogen) atoms. The minimum Gasteiger partial charge on any atom is -0.368 e. The zero-order chi connectivity index (χ0) is 22.2. The summed E-state index contributed by atoms with van der Waals surface area (Å²) in [6.45, 7) is 2.02. The molecule has 1 spiro atoms. The molecule has 0 radical (unpaired) electrons. The molecule has 2 aromatic rings. The van der Waals surface area contributed by atoms with Gasteiger partial charge in [0.25, 0.3) is 6.43 Å². The lowest BCUT2D eigenvalue weighted by atomic mass is 9.79. The van der Waals surface area contributed by atoms with Crippen molar-refractivity contribution in [2.24, 2.45) is 5.41 Å². The van der Waals surface area contributed by atoms with Crippen molar-refractivity contribution in [2.45, 2.75) is 19.0 Å². The average Bonchev–Trinajstić information content (AvgIpc) is 3.16. The first-order valence-electron chi connectivity index (χ1n) is 9.48. The highest BCUT2D eigenvalue weighted by atomic mass is 19.4. The number of alkyl halides is 5. The summed E-state index contributed by atoms with van der Waals surface area (Å²) in [6.07, 6.45) is -1.47. The quantitative estimate of drug-likeness (QED) is 0.525. The van der Waals surface area contributed by atoms with Crippen LogP contribution in [0, 0.1) is 10.8 Å². The molecule has 4 heterocycles. The first-order chi connectivity index (χ1) is 14.7. The SMILES string of the molecule is N=Cc1ncc(N2CCC3(CN(c4cnc(C(F)(F)F)nc4)C3)C2)nc1NCC(F)F. The van der Waals surface area contributed by atoms with Crippen LogP contribution >= 0.6 is 0 Å². The molecule has 4 rings (SSSR count). The summed E-state index contributed by atoms with van der Waals surface area (Å²) >= 11 is 0. The van der Waals surface area contributed by atoms with E-state index >= 15 is 0 Å². The lowest BCUT2D eigenvalue weighted by molar-refractivity contribution is -0.145. The molecular formula is C18H19F5N8. The van der Waals surface area contributed by atoms with E-state index in [9.17, 15) is 22.0 Å². The number of hydrogen-bond donors (Lipinski definition) is 2. The smallest absolute Gasteiger partial charge is 0.368 e. The first-order valence-corrected chi connectivity index (χ1v) is 9.48. The van der Waals surface area contributed by atoms with Gasteiger partial charge >= 0.3 is 6.18 Å². The van der Waals surface area contributed by atoms with Crippen molar-refractivity contribution in [3.8, 4) is 0 Å². The molecule has 0 atom stereocenters. The van der Waals surface area contributed by atoms with Crippen LogP contribution in [0.15, 0.2) is 18.6 Å². The molecule has 0 aromatic carbocycles. The fourth-order valence-electron chi connectivity index (χ4n) is 3.92. The van der Waals surface area contributed by atoms with Gasteiger partial charge in [-0.05, 0) is 6.42 Å². The van der Waals surface area contributed by atoms with Crippen LogP contribution in [0.4, 0.5) is 39.3 Å². The van der Waals surface area contributed by atoms with Gasteiger partial charge in [-0.2, -0.15) is 13.2 Å². The van der Waals surface area contributed by atoms with Crippen molar-refractivity contribution in [2.75, 3.05) is 47.8 Å². The van der Waals surface area contributed by atoms with Gasteiger partial charge in [-0.25, -0.2) is 28.7 Å². The summed E-state index contributed by atoms with van der Waals surface area (Å²) in [7, 11) is 0. The summed E-state index contributed by atoms with van der Waals surface area (Å²) in [5, 5.41) is 9.87. The van der Waals surface area contributed by atoms with Crippen molar-refractivity contribution in [3.05, 3.63) is 30.1 Å². The predicted molar refractivity (Wildman–Crippen MR) is 103 cm³/mol. The molecule has 2 aromatic heterocycles. The van der Waals surface area contributed by atoms with E-state index in [0.717, 1.165) is 12.6 Å². The number of hydrogen-bond acceptors (Lipinski definition) is 8. The molecule has 2 saturated heterocycles. The van der Waals surface area contributed by atoms with E-state index in [0.29, 0.717) is 37.7 Å². The van der Waals surface area contributed by atoms with Crippen molar-refractivity contribution >= 4 is 23.5 Å². The molecule has 0 saturated carbocycles. The largest absolute Gasteiger partial charge is 0.451 e. The van der Waals surface area contributed by atoms with Crippen LogP contribution in [0.5, 0.6) is 0 Å². The highest BCUT2D eigenvalue weighted by Gasteiger charge is 2.48. The Hall–Kier alpha value is -3.12.